The van der Waals surface area contributed by atoms with E-state index in [1.807, 2.05) is 13.8 Å². The summed E-state index contributed by atoms with van der Waals surface area (Å²) in [5, 5.41) is 9.49. The van der Waals surface area contributed by atoms with Crippen molar-refractivity contribution >= 4 is 26.6 Å². The average molecular weight is 156 g/mol. The molecule has 0 fully saturated rings. The van der Waals surface area contributed by atoms with Crippen LogP contribution < -0.4 is 10.9 Å². The van der Waals surface area contributed by atoms with Crippen LogP contribution in [0, 0.1) is 20.8 Å². The van der Waals surface area contributed by atoms with Crippen LogP contribution in [-0.4, -0.2) is 20.8 Å². The fourth-order valence-corrected chi connectivity index (χ4v) is 1.19. The van der Waals surface area contributed by atoms with Gasteiger partial charge in [-0.3, -0.25) is 0 Å². The SMILES string of the molecule is [B]c1c(C)c(C)c([B])c(O)c1C. The summed E-state index contributed by atoms with van der Waals surface area (Å²) in [6.07, 6.45) is 0. The number of aromatic hydroxyl groups is 1. The Morgan fingerprint density at radius 1 is 0.833 bits per heavy atom. The first kappa shape index (κ1) is 9.24. The Morgan fingerprint density at radius 3 is 1.75 bits per heavy atom. The van der Waals surface area contributed by atoms with Gasteiger partial charge in [-0.15, -0.1) is 0 Å². The van der Waals surface area contributed by atoms with Gasteiger partial charge in [-0.05, 0) is 26.3 Å². The lowest BCUT2D eigenvalue weighted by Crippen LogP contribution is -2.22. The lowest BCUT2D eigenvalue weighted by atomic mass is 9.77. The molecule has 0 saturated carbocycles. The minimum atomic E-state index is 0.107. The molecule has 0 aliphatic carbocycles. The van der Waals surface area contributed by atoms with Crippen molar-refractivity contribution in [2.24, 2.45) is 0 Å². The predicted octanol–water partition coefficient (Wildman–Crippen LogP) is -0.0949. The summed E-state index contributed by atoms with van der Waals surface area (Å²) in [7, 11) is 11.4. The maximum atomic E-state index is 9.49. The molecule has 0 aliphatic rings. The van der Waals surface area contributed by atoms with Gasteiger partial charge in [0.2, 0.25) is 0 Å². The molecule has 0 spiro atoms. The second kappa shape index (κ2) is 2.89. The zero-order chi connectivity index (χ0) is 9.46. The average Bonchev–Trinajstić information content (AvgIpc) is 2.08. The topological polar surface area (TPSA) is 20.2 Å². The van der Waals surface area contributed by atoms with Crippen molar-refractivity contribution in [3.63, 3.8) is 0 Å². The molecule has 1 N–H and O–H groups in total. The molecular weight excluding hydrogens is 146 g/mol. The third kappa shape index (κ3) is 1.13. The van der Waals surface area contributed by atoms with Crippen molar-refractivity contribution in [1.29, 1.82) is 0 Å². The highest BCUT2D eigenvalue weighted by Crippen LogP contribution is 2.14. The Kier molecular flexibility index (Phi) is 2.22. The van der Waals surface area contributed by atoms with Crippen molar-refractivity contribution in [3.05, 3.63) is 16.7 Å². The molecular formula is C9H10B2O. The number of hydrogen-bond donors (Lipinski definition) is 1. The molecule has 0 atom stereocenters. The third-order valence-corrected chi connectivity index (χ3v) is 2.38. The van der Waals surface area contributed by atoms with E-state index in [0.717, 1.165) is 11.1 Å². The zero-order valence-electron chi connectivity index (χ0n) is 7.60. The Morgan fingerprint density at radius 2 is 1.25 bits per heavy atom. The molecule has 12 heavy (non-hydrogen) atoms. The summed E-state index contributed by atoms with van der Waals surface area (Å²) in [6.45, 7) is 5.50. The third-order valence-electron chi connectivity index (χ3n) is 2.38. The first-order chi connectivity index (χ1) is 5.46. The van der Waals surface area contributed by atoms with Gasteiger partial charge in [0.15, 0.2) is 0 Å². The van der Waals surface area contributed by atoms with Gasteiger partial charge in [0, 0.05) is 0 Å². The monoisotopic (exact) mass is 156 g/mol. The Balaban J connectivity index is 3.60. The minimum absolute atomic E-state index is 0.107. The Labute approximate surface area is 75.6 Å². The van der Waals surface area contributed by atoms with E-state index in [9.17, 15) is 5.11 Å². The summed E-state index contributed by atoms with van der Waals surface area (Å²) < 4.78 is 0. The second-order valence-corrected chi connectivity index (χ2v) is 3.05. The van der Waals surface area contributed by atoms with Crippen LogP contribution in [0.15, 0.2) is 0 Å². The molecule has 0 saturated heterocycles. The molecule has 0 amide bonds. The lowest BCUT2D eigenvalue weighted by molar-refractivity contribution is 0.475. The largest absolute Gasteiger partial charge is 0.508 e. The van der Waals surface area contributed by atoms with E-state index in [4.69, 9.17) is 15.7 Å². The van der Waals surface area contributed by atoms with Crippen LogP contribution in [-0.2, 0) is 0 Å². The number of benzene rings is 1. The summed E-state index contributed by atoms with van der Waals surface area (Å²) in [5.74, 6) is 0.107. The van der Waals surface area contributed by atoms with Gasteiger partial charge in [-0.1, -0.05) is 22.1 Å². The summed E-state index contributed by atoms with van der Waals surface area (Å²) in [4.78, 5) is 0. The van der Waals surface area contributed by atoms with Crippen molar-refractivity contribution in [2.75, 3.05) is 0 Å². The molecule has 0 bridgehead atoms. The van der Waals surface area contributed by atoms with Crippen LogP contribution >= 0.6 is 0 Å². The van der Waals surface area contributed by atoms with Gasteiger partial charge in [0.1, 0.15) is 21.4 Å². The quantitative estimate of drug-likeness (QED) is 0.520. The molecule has 0 aromatic heterocycles. The van der Waals surface area contributed by atoms with E-state index < -0.39 is 0 Å². The number of phenolic OH excluding ortho intramolecular Hbond substituents is 1. The van der Waals surface area contributed by atoms with Crippen LogP contribution in [0.4, 0.5) is 0 Å². The highest BCUT2D eigenvalue weighted by Gasteiger charge is 2.09. The van der Waals surface area contributed by atoms with Crippen molar-refractivity contribution in [2.45, 2.75) is 20.8 Å². The summed E-state index contributed by atoms with van der Waals surface area (Å²) in [6, 6.07) is 0. The fourth-order valence-electron chi connectivity index (χ4n) is 1.19. The van der Waals surface area contributed by atoms with Crippen molar-refractivity contribution in [1.82, 2.24) is 0 Å². The predicted molar refractivity (Wildman–Crippen MR) is 53.1 cm³/mol. The van der Waals surface area contributed by atoms with Crippen LogP contribution in [0.3, 0.4) is 0 Å². The molecule has 3 heteroatoms. The number of rotatable bonds is 0. The van der Waals surface area contributed by atoms with Gasteiger partial charge in [0.25, 0.3) is 0 Å². The molecule has 58 valence electrons. The van der Waals surface area contributed by atoms with E-state index in [1.54, 1.807) is 6.92 Å². The van der Waals surface area contributed by atoms with Crippen molar-refractivity contribution in [3.8, 4) is 5.75 Å². The maximum Gasteiger partial charge on any atom is 0.119 e. The number of hydrogen-bond acceptors (Lipinski definition) is 1. The molecule has 0 aliphatic heterocycles. The Bertz CT molecular complexity index is 227. The van der Waals surface area contributed by atoms with E-state index >= 15 is 0 Å². The second-order valence-electron chi connectivity index (χ2n) is 3.05. The van der Waals surface area contributed by atoms with Gasteiger partial charge in [0.05, 0.1) is 0 Å². The van der Waals surface area contributed by atoms with Crippen LogP contribution in [0.25, 0.3) is 0 Å². The fraction of sp³-hybridized carbons (Fsp3) is 0.333. The van der Waals surface area contributed by atoms with Gasteiger partial charge < -0.3 is 5.11 Å². The van der Waals surface area contributed by atoms with E-state index in [1.165, 1.54) is 0 Å². The molecule has 0 heterocycles. The molecule has 1 nitrogen and oxygen atoms in total. The minimum Gasteiger partial charge on any atom is -0.508 e. The van der Waals surface area contributed by atoms with Crippen LogP contribution in [0.2, 0.25) is 0 Å². The van der Waals surface area contributed by atoms with E-state index in [0.29, 0.717) is 16.5 Å². The standard InChI is InChI=1S/C9H10B2O/c1-4-5(2)8(11)9(12)6(3)7(4)10/h12H,1-3H3. The van der Waals surface area contributed by atoms with Crippen LogP contribution in [0.5, 0.6) is 5.75 Å². The van der Waals surface area contributed by atoms with Gasteiger partial charge in [-0.25, -0.2) is 0 Å². The summed E-state index contributed by atoms with van der Waals surface area (Å²) in [5.41, 5.74) is 3.52. The van der Waals surface area contributed by atoms with E-state index in [-0.39, 0.29) is 5.75 Å². The first-order valence-electron chi connectivity index (χ1n) is 3.80. The summed E-state index contributed by atoms with van der Waals surface area (Å²) >= 11 is 0. The molecule has 4 radical (unpaired) electrons. The maximum absolute atomic E-state index is 9.49. The molecule has 1 rings (SSSR count). The highest BCUT2D eigenvalue weighted by atomic mass is 16.3. The number of phenols is 1. The van der Waals surface area contributed by atoms with Crippen LogP contribution in [0.1, 0.15) is 16.7 Å². The van der Waals surface area contributed by atoms with E-state index in [2.05, 4.69) is 0 Å². The van der Waals surface area contributed by atoms with Crippen molar-refractivity contribution < 1.29 is 5.11 Å². The Hall–Kier alpha value is -0.850. The lowest BCUT2D eigenvalue weighted by Gasteiger charge is -2.14. The highest BCUT2D eigenvalue weighted by molar-refractivity contribution is 6.39. The van der Waals surface area contributed by atoms with Gasteiger partial charge in [-0.2, -0.15) is 0 Å². The zero-order valence-corrected chi connectivity index (χ0v) is 7.60. The van der Waals surface area contributed by atoms with Gasteiger partial charge >= 0.3 is 0 Å². The molecule has 1 aromatic rings. The normalized spacial score (nSPS) is 10.2. The molecule has 1 aromatic carbocycles. The molecule has 0 unspecified atom stereocenters. The first-order valence-corrected chi connectivity index (χ1v) is 3.80. The smallest absolute Gasteiger partial charge is 0.119 e.